The first kappa shape index (κ1) is 20.2. The van der Waals surface area contributed by atoms with Gasteiger partial charge in [0.2, 0.25) is 9.84 Å². The molecule has 0 aliphatic rings. The number of thiophene rings is 1. The molecule has 25 heavy (non-hydrogen) atoms. The minimum Gasteiger partial charge on any atom is -0.465 e. The van der Waals surface area contributed by atoms with Crippen LogP contribution < -0.4 is 0 Å². The summed E-state index contributed by atoms with van der Waals surface area (Å²) >= 11 is 11.2. The molecular formula is C13H9BrClNO6S3. The van der Waals surface area contributed by atoms with Crippen molar-refractivity contribution < 1.29 is 22.9 Å². The molecule has 7 nitrogen and oxygen atoms in total. The van der Waals surface area contributed by atoms with Crippen LogP contribution >= 0.6 is 50.6 Å². The first-order valence-corrected chi connectivity index (χ1v) is 11.0. The normalized spacial score (nSPS) is 11.4. The van der Waals surface area contributed by atoms with E-state index < -0.39 is 31.3 Å². The number of ether oxygens (including phenoxy) is 1. The van der Waals surface area contributed by atoms with Crippen molar-refractivity contribution >= 4 is 72.1 Å². The fourth-order valence-electron chi connectivity index (χ4n) is 1.86. The minimum atomic E-state index is -4.20. The monoisotopic (exact) mass is 485 g/mol. The third kappa shape index (κ3) is 3.85. The van der Waals surface area contributed by atoms with E-state index in [1.165, 1.54) is 13.2 Å². The molecule has 0 N–H and O–H groups in total. The Morgan fingerprint density at radius 1 is 1.36 bits per heavy atom. The van der Waals surface area contributed by atoms with Gasteiger partial charge in [0.1, 0.15) is 4.88 Å². The molecule has 2 aromatic rings. The highest BCUT2D eigenvalue weighted by molar-refractivity contribution is 9.10. The van der Waals surface area contributed by atoms with E-state index in [2.05, 4.69) is 20.7 Å². The number of thioether (sulfide) groups is 1. The molecule has 0 bridgehead atoms. The zero-order valence-corrected chi connectivity index (χ0v) is 17.4. The SMILES string of the molecule is COC(=O)c1cc(S(=O)(=O)c2cc([N+](=O)[O-])cc(Br)c2Cl)c(SC)s1. The molecule has 1 aromatic carbocycles. The maximum atomic E-state index is 13.0. The summed E-state index contributed by atoms with van der Waals surface area (Å²) in [6, 6.07) is 3.19. The van der Waals surface area contributed by atoms with E-state index in [-0.39, 0.29) is 19.3 Å². The third-order valence-corrected chi connectivity index (χ3v) is 8.69. The van der Waals surface area contributed by atoms with Crippen LogP contribution in [0.4, 0.5) is 5.69 Å². The van der Waals surface area contributed by atoms with Crippen LogP contribution in [0.3, 0.4) is 0 Å². The maximum Gasteiger partial charge on any atom is 0.348 e. The van der Waals surface area contributed by atoms with Crippen LogP contribution in [0.15, 0.2) is 36.7 Å². The molecule has 0 saturated carbocycles. The second kappa shape index (κ2) is 7.62. The van der Waals surface area contributed by atoms with E-state index >= 15 is 0 Å². The molecule has 0 unspecified atom stereocenters. The Bertz CT molecular complexity index is 972. The lowest BCUT2D eigenvalue weighted by Gasteiger charge is -2.08. The number of carbonyl (C=O) groups excluding carboxylic acids is 1. The number of carbonyl (C=O) groups is 1. The number of benzene rings is 1. The molecule has 0 aliphatic heterocycles. The number of hydrogen-bond donors (Lipinski definition) is 0. The number of methoxy groups -OCH3 is 1. The Morgan fingerprint density at radius 2 is 2.00 bits per heavy atom. The van der Waals surface area contributed by atoms with Crippen LogP contribution in [0.2, 0.25) is 5.02 Å². The summed E-state index contributed by atoms with van der Waals surface area (Å²) in [5.41, 5.74) is -0.427. The van der Waals surface area contributed by atoms with Gasteiger partial charge in [0, 0.05) is 16.6 Å². The van der Waals surface area contributed by atoms with E-state index in [4.69, 9.17) is 11.6 Å². The zero-order chi connectivity index (χ0) is 18.9. The van der Waals surface area contributed by atoms with Gasteiger partial charge < -0.3 is 4.74 Å². The summed E-state index contributed by atoms with van der Waals surface area (Å²) < 4.78 is 31.0. The van der Waals surface area contributed by atoms with E-state index in [1.807, 2.05) is 0 Å². The number of esters is 1. The number of rotatable bonds is 5. The zero-order valence-electron chi connectivity index (χ0n) is 12.6. The van der Waals surface area contributed by atoms with Gasteiger partial charge in [0.15, 0.2) is 0 Å². The molecule has 0 saturated heterocycles. The lowest BCUT2D eigenvalue weighted by Crippen LogP contribution is -2.05. The highest BCUT2D eigenvalue weighted by atomic mass is 79.9. The molecular weight excluding hydrogens is 478 g/mol. The van der Waals surface area contributed by atoms with Gasteiger partial charge in [-0.15, -0.1) is 23.1 Å². The van der Waals surface area contributed by atoms with Crippen molar-refractivity contribution in [2.45, 2.75) is 14.0 Å². The quantitative estimate of drug-likeness (QED) is 0.267. The number of nitro groups is 1. The van der Waals surface area contributed by atoms with E-state index in [9.17, 15) is 23.3 Å². The Kier molecular flexibility index (Phi) is 6.15. The maximum absolute atomic E-state index is 13.0. The summed E-state index contributed by atoms with van der Waals surface area (Å²) in [4.78, 5) is 21.5. The molecule has 0 atom stereocenters. The number of non-ortho nitro benzene ring substituents is 1. The van der Waals surface area contributed by atoms with Gasteiger partial charge in [0.05, 0.1) is 31.1 Å². The van der Waals surface area contributed by atoms with Crippen molar-refractivity contribution in [3.05, 3.63) is 42.7 Å². The predicted octanol–water partition coefficient (Wildman–Crippen LogP) is 4.41. The van der Waals surface area contributed by atoms with Crippen molar-refractivity contribution in [2.24, 2.45) is 0 Å². The van der Waals surface area contributed by atoms with Gasteiger partial charge in [-0.1, -0.05) is 11.6 Å². The van der Waals surface area contributed by atoms with E-state index in [0.717, 1.165) is 35.2 Å². The van der Waals surface area contributed by atoms with Gasteiger partial charge in [0.25, 0.3) is 5.69 Å². The van der Waals surface area contributed by atoms with Gasteiger partial charge in [-0.3, -0.25) is 10.1 Å². The second-order valence-electron chi connectivity index (χ2n) is 4.46. The van der Waals surface area contributed by atoms with Gasteiger partial charge in [-0.25, -0.2) is 13.2 Å². The molecule has 0 amide bonds. The van der Waals surface area contributed by atoms with Crippen molar-refractivity contribution in [1.29, 1.82) is 0 Å². The van der Waals surface area contributed by atoms with Crippen molar-refractivity contribution in [1.82, 2.24) is 0 Å². The average molecular weight is 487 g/mol. The summed E-state index contributed by atoms with van der Waals surface area (Å²) in [5, 5.41) is 10.8. The van der Waals surface area contributed by atoms with Crippen LogP contribution in [0.1, 0.15) is 9.67 Å². The summed E-state index contributed by atoms with van der Waals surface area (Å²) in [6.45, 7) is 0. The first-order valence-electron chi connectivity index (χ1n) is 6.28. The van der Waals surface area contributed by atoms with Crippen LogP contribution in [0.5, 0.6) is 0 Å². The fraction of sp³-hybridized carbons (Fsp3) is 0.154. The Balaban J connectivity index is 2.74. The number of nitro benzene ring substituents is 1. The molecule has 0 spiro atoms. The van der Waals surface area contributed by atoms with Gasteiger partial charge in [-0.05, 0) is 28.3 Å². The van der Waals surface area contributed by atoms with Crippen molar-refractivity contribution in [3.63, 3.8) is 0 Å². The topological polar surface area (TPSA) is 104 Å². The van der Waals surface area contributed by atoms with Crippen LogP contribution in [-0.2, 0) is 14.6 Å². The fourth-order valence-corrected chi connectivity index (χ4v) is 6.88. The lowest BCUT2D eigenvalue weighted by atomic mass is 10.3. The Hall–Kier alpha value is -1.14. The first-order chi connectivity index (χ1) is 11.6. The van der Waals surface area contributed by atoms with Crippen LogP contribution in [0.25, 0.3) is 0 Å². The van der Waals surface area contributed by atoms with Crippen LogP contribution in [-0.4, -0.2) is 32.7 Å². The number of sulfone groups is 1. The predicted molar refractivity (Wildman–Crippen MR) is 98.7 cm³/mol. The number of hydrogen-bond acceptors (Lipinski definition) is 8. The summed E-state index contributed by atoms with van der Waals surface area (Å²) in [6.07, 6.45) is 1.65. The molecule has 12 heteroatoms. The third-order valence-electron chi connectivity index (χ3n) is 3.01. The Morgan fingerprint density at radius 3 is 2.52 bits per heavy atom. The summed E-state index contributed by atoms with van der Waals surface area (Å²) in [5.74, 6) is -0.673. The molecule has 134 valence electrons. The van der Waals surface area contributed by atoms with Gasteiger partial charge in [-0.2, -0.15) is 0 Å². The molecule has 1 heterocycles. The number of nitrogens with zero attached hydrogens (tertiary/aromatic N) is 1. The summed E-state index contributed by atoms with van der Waals surface area (Å²) in [7, 11) is -3.01. The van der Waals surface area contributed by atoms with Crippen LogP contribution in [0, 0.1) is 10.1 Å². The minimum absolute atomic E-state index is 0.0797. The van der Waals surface area contributed by atoms with E-state index in [1.54, 1.807) is 6.26 Å². The second-order valence-corrected chi connectivity index (χ2v) is 9.70. The van der Waals surface area contributed by atoms with E-state index in [0.29, 0.717) is 4.21 Å². The molecule has 1 aromatic heterocycles. The van der Waals surface area contributed by atoms with Gasteiger partial charge >= 0.3 is 5.97 Å². The lowest BCUT2D eigenvalue weighted by molar-refractivity contribution is -0.385. The highest BCUT2D eigenvalue weighted by Crippen LogP contribution is 2.41. The highest BCUT2D eigenvalue weighted by Gasteiger charge is 2.30. The molecule has 0 fully saturated rings. The Labute approximate surface area is 164 Å². The smallest absolute Gasteiger partial charge is 0.348 e. The molecule has 2 rings (SSSR count). The molecule has 0 radical (unpaired) electrons. The standard InChI is InChI=1S/C13H9BrClNO6S3/c1-22-12(17)8-5-10(13(23-2)24-8)25(20,21)9-4-6(16(18)19)3-7(14)11(9)15/h3-5H,1-2H3. The van der Waals surface area contributed by atoms with Crippen molar-refractivity contribution in [3.8, 4) is 0 Å². The number of halogens is 2. The largest absolute Gasteiger partial charge is 0.465 e. The van der Waals surface area contributed by atoms with Crippen molar-refractivity contribution in [2.75, 3.05) is 13.4 Å². The average Bonchev–Trinajstić information content (AvgIpc) is 3.01. The molecule has 0 aliphatic carbocycles.